The van der Waals surface area contributed by atoms with Crippen LogP contribution in [0.3, 0.4) is 0 Å². The summed E-state index contributed by atoms with van der Waals surface area (Å²) in [6, 6.07) is 15.7. The van der Waals surface area contributed by atoms with Crippen molar-refractivity contribution in [1.29, 1.82) is 0 Å². The molecule has 6 nitrogen and oxygen atoms in total. The molecule has 1 heterocycles. The van der Waals surface area contributed by atoms with Crippen molar-refractivity contribution in [2.45, 2.75) is 25.7 Å². The molecule has 28 heavy (non-hydrogen) atoms. The Morgan fingerprint density at radius 2 is 1.64 bits per heavy atom. The van der Waals surface area contributed by atoms with Gasteiger partial charge in [-0.15, -0.1) is 0 Å². The summed E-state index contributed by atoms with van der Waals surface area (Å²) in [7, 11) is -3.69. The van der Waals surface area contributed by atoms with Crippen LogP contribution < -0.4 is 14.8 Å². The van der Waals surface area contributed by atoms with Crippen LogP contribution in [0, 0.1) is 13.8 Å². The number of hydrogen-bond donors (Lipinski definition) is 2. The summed E-state index contributed by atoms with van der Waals surface area (Å²) in [6.45, 7) is 6.51. The Morgan fingerprint density at radius 3 is 2.25 bits per heavy atom. The number of aryl methyl sites for hydroxylation is 2. The Balaban J connectivity index is 1.69. The van der Waals surface area contributed by atoms with E-state index in [9.17, 15) is 8.42 Å². The molecule has 7 heteroatoms. The standard InChI is InChI=1S/C21H23N3O3S/c1-4-27-19-8-10-20(11-9-19)28(25,26)24-18-7-12-21(22-14-18)23-17-6-5-15(2)16(3)13-17/h5-14,24H,4H2,1-3H3,(H,22,23). The monoisotopic (exact) mass is 397 g/mol. The van der Waals surface area contributed by atoms with Gasteiger partial charge in [0.2, 0.25) is 0 Å². The molecule has 2 aromatic carbocycles. The van der Waals surface area contributed by atoms with E-state index in [1.807, 2.05) is 32.0 Å². The zero-order chi connectivity index (χ0) is 20.1. The lowest BCUT2D eigenvalue weighted by Crippen LogP contribution is -2.13. The van der Waals surface area contributed by atoms with Crippen molar-refractivity contribution in [3.63, 3.8) is 0 Å². The van der Waals surface area contributed by atoms with E-state index in [1.165, 1.54) is 29.5 Å². The molecule has 3 aromatic rings. The first kappa shape index (κ1) is 19.7. The van der Waals surface area contributed by atoms with Crippen molar-refractivity contribution in [3.05, 3.63) is 71.9 Å². The summed E-state index contributed by atoms with van der Waals surface area (Å²) in [6.07, 6.45) is 1.48. The van der Waals surface area contributed by atoms with Crippen molar-refractivity contribution in [2.24, 2.45) is 0 Å². The number of aromatic nitrogens is 1. The fourth-order valence-electron chi connectivity index (χ4n) is 2.59. The quantitative estimate of drug-likeness (QED) is 0.607. The van der Waals surface area contributed by atoms with Gasteiger partial charge < -0.3 is 10.1 Å². The maximum atomic E-state index is 12.5. The molecule has 0 amide bonds. The van der Waals surface area contributed by atoms with Crippen molar-refractivity contribution in [1.82, 2.24) is 4.98 Å². The Labute approximate surface area is 165 Å². The van der Waals surface area contributed by atoms with E-state index in [2.05, 4.69) is 21.9 Å². The molecule has 0 aliphatic carbocycles. The Morgan fingerprint density at radius 1 is 0.929 bits per heavy atom. The second-order valence-electron chi connectivity index (χ2n) is 6.37. The molecule has 0 spiro atoms. The molecule has 0 saturated carbocycles. The number of sulfonamides is 1. The molecule has 0 aliphatic rings. The number of nitrogens with one attached hydrogen (secondary N) is 2. The van der Waals surface area contributed by atoms with Crippen molar-refractivity contribution < 1.29 is 13.2 Å². The lowest BCUT2D eigenvalue weighted by Gasteiger charge is -2.11. The average Bonchev–Trinajstić information content (AvgIpc) is 2.67. The highest BCUT2D eigenvalue weighted by Crippen LogP contribution is 2.22. The first-order valence-electron chi connectivity index (χ1n) is 8.93. The lowest BCUT2D eigenvalue weighted by atomic mass is 10.1. The van der Waals surface area contributed by atoms with Crippen LogP contribution >= 0.6 is 0 Å². The van der Waals surface area contributed by atoms with Gasteiger partial charge in [0.15, 0.2) is 0 Å². The normalized spacial score (nSPS) is 11.1. The largest absolute Gasteiger partial charge is 0.494 e. The molecule has 0 fully saturated rings. The van der Waals surface area contributed by atoms with Crippen LogP contribution in [-0.4, -0.2) is 20.0 Å². The predicted molar refractivity (Wildman–Crippen MR) is 112 cm³/mol. The Hall–Kier alpha value is -3.06. The number of anilines is 3. The average molecular weight is 398 g/mol. The van der Waals surface area contributed by atoms with E-state index >= 15 is 0 Å². The van der Waals surface area contributed by atoms with Crippen molar-refractivity contribution >= 4 is 27.2 Å². The predicted octanol–water partition coefficient (Wildman–Crippen LogP) is 4.64. The number of rotatable bonds is 7. The van der Waals surface area contributed by atoms with Gasteiger partial charge in [-0.2, -0.15) is 0 Å². The third-order valence-corrected chi connectivity index (χ3v) is 5.64. The van der Waals surface area contributed by atoms with Gasteiger partial charge in [-0.1, -0.05) is 6.07 Å². The number of nitrogens with zero attached hydrogens (tertiary/aromatic N) is 1. The summed E-state index contributed by atoms with van der Waals surface area (Å²) in [5, 5.41) is 3.21. The molecular weight excluding hydrogens is 374 g/mol. The number of pyridine rings is 1. The van der Waals surface area contributed by atoms with Crippen LogP contribution in [0.25, 0.3) is 0 Å². The molecular formula is C21H23N3O3S. The van der Waals surface area contributed by atoms with Gasteiger partial charge in [0, 0.05) is 5.69 Å². The molecule has 0 saturated heterocycles. The molecule has 0 radical (unpaired) electrons. The Bertz CT molecular complexity index is 1050. The van der Waals surface area contributed by atoms with Gasteiger partial charge in [-0.25, -0.2) is 13.4 Å². The van der Waals surface area contributed by atoms with Gasteiger partial charge >= 0.3 is 0 Å². The van der Waals surface area contributed by atoms with Crippen LogP contribution in [0.5, 0.6) is 5.75 Å². The summed E-state index contributed by atoms with van der Waals surface area (Å²) in [5.74, 6) is 1.26. The lowest BCUT2D eigenvalue weighted by molar-refractivity contribution is 0.340. The molecule has 3 rings (SSSR count). The zero-order valence-electron chi connectivity index (χ0n) is 16.1. The van der Waals surface area contributed by atoms with Gasteiger partial charge in [-0.05, 0) is 80.4 Å². The van der Waals surface area contributed by atoms with Crippen LogP contribution in [-0.2, 0) is 10.0 Å². The molecule has 0 bridgehead atoms. The van der Waals surface area contributed by atoms with E-state index in [0.29, 0.717) is 23.9 Å². The van der Waals surface area contributed by atoms with Gasteiger partial charge in [0.05, 0.1) is 23.4 Å². The summed E-state index contributed by atoms with van der Waals surface area (Å²) in [4.78, 5) is 4.44. The van der Waals surface area contributed by atoms with E-state index in [4.69, 9.17) is 4.74 Å². The van der Waals surface area contributed by atoms with Gasteiger partial charge in [0.1, 0.15) is 11.6 Å². The van der Waals surface area contributed by atoms with E-state index in [-0.39, 0.29) is 4.90 Å². The second kappa shape index (κ2) is 8.31. The van der Waals surface area contributed by atoms with E-state index < -0.39 is 10.0 Å². The highest BCUT2D eigenvalue weighted by Gasteiger charge is 2.14. The zero-order valence-corrected chi connectivity index (χ0v) is 16.9. The summed E-state index contributed by atoms with van der Waals surface area (Å²) >= 11 is 0. The Kier molecular flexibility index (Phi) is 5.84. The molecule has 0 unspecified atom stereocenters. The van der Waals surface area contributed by atoms with Crippen LogP contribution in [0.4, 0.5) is 17.2 Å². The smallest absolute Gasteiger partial charge is 0.261 e. The molecule has 0 aliphatic heterocycles. The minimum atomic E-state index is -3.69. The number of hydrogen-bond acceptors (Lipinski definition) is 5. The maximum Gasteiger partial charge on any atom is 0.261 e. The van der Waals surface area contributed by atoms with E-state index in [1.54, 1.807) is 24.3 Å². The highest BCUT2D eigenvalue weighted by atomic mass is 32.2. The molecule has 1 aromatic heterocycles. The summed E-state index contributed by atoms with van der Waals surface area (Å²) < 4.78 is 32.9. The minimum absolute atomic E-state index is 0.160. The van der Waals surface area contributed by atoms with Crippen molar-refractivity contribution in [3.8, 4) is 5.75 Å². The number of benzene rings is 2. The first-order chi connectivity index (χ1) is 13.4. The van der Waals surface area contributed by atoms with Crippen molar-refractivity contribution in [2.75, 3.05) is 16.6 Å². The van der Waals surface area contributed by atoms with Gasteiger partial charge in [0.25, 0.3) is 10.0 Å². The number of ether oxygens (including phenoxy) is 1. The third-order valence-electron chi connectivity index (χ3n) is 4.24. The topological polar surface area (TPSA) is 80.3 Å². The molecule has 2 N–H and O–H groups in total. The highest BCUT2D eigenvalue weighted by molar-refractivity contribution is 7.92. The summed E-state index contributed by atoms with van der Waals surface area (Å²) in [5.41, 5.74) is 3.72. The second-order valence-corrected chi connectivity index (χ2v) is 8.05. The SMILES string of the molecule is CCOc1ccc(S(=O)(=O)Nc2ccc(Nc3ccc(C)c(C)c3)nc2)cc1. The maximum absolute atomic E-state index is 12.5. The van der Waals surface area contributed by atoms with Crippen LogP contribution in [0.1, 0.15) is 18.1 Å². The molecule has 0 atom stereocenters. The third kappa shape index (κ3) is 4.80. The minimum Gasteiger partial charge on any atom is -0.494 e. The fraction of sp³-hybridized carbons (Fsp3) is 0.190. The van der Waals surface area contributed by atoms with Gasteiger partial charge in [-0.3, -0.25) is 4.72 Å². The fourth-order valence-corrected chi connectivity index (χ4v) is 3.63. The molecule has 146 valence electrons. The van der Waals surface area contributed by atoms with Crippen LogP contribution in [0.15, 0.2) is 65.7 Å². The first-order valence-corrected chi connectivity index (χ1v) is 10.4. The van der Waals surface area contributed by atoms with E-state index in [0.717, 1.165) is 5.69 Å². The van der Waals surface area contributed by atoms with Crippen LogP contribution in [0.2, 0.25) is 0 Å².